The van der Waals surface area contributed by atoms with Gasteiger partial charge in [-0.3, -0.25) is 0 Å². The molecule has 0 bridgehead atoms. The van der Waals surface area contributed by atoms with Crippen LogP contribution in [0.5, 0.6) is 0 Å². The summed E-state index contributed by atoms with van der Waals surface area (Å²) in [7, 11) is 0. The summed E-state index contributed by atoms with van der Waals surface area (Å²) in [4.78, 5) is 0. The smallest absolute Gasteiger partial charge is 0.0432 e. The Kier molecular flexibility index (Phi) is 11.2. The van der Waals surface area contributed by atoms with Crippen molar-refractivity contribution >= 4 is 23.0 Å². The molecule has 2 nitrogen and oxygen atoms in total. The number of hydrogen-bond acceptors (Lipinski definition) is 2. The molecule has 0 amide bonds. The summed E-state index contributed by atoms with van der Waals surface area (Å²) in [6.07, 6.45) is 1.98. The molecule has 49 heavy (non-hydrogen) atoms. The zero-order valence-corrected chi connectivity index (χ0v) is 29.8. The molecule has 2 N–H and O–H groups in total. The summed E-state index contributed by atoms with van der Waals surface area (Å²) in [6.45, 7) is 9.05. The molecular weight excluding hydrogens is 616 g/mol. The van der Waals surface area contributed by atoms with Gasteiger partial charge in [0.15, 0.2) is 0 Å². The highest BCUT2D eigenvalue weighted by Gasteiger charge is 2.29. The summed E-state index contributed by atoms with van der Waals surface area (Å²) >= 11 is 7.19. The van der Waals surface area contributed by atoms with Crippen molar-refractivity contribution in [3.63, 3.8) is 0 Å². The molecule has 0 aliphatic carbocycles. The highest BCUT2D eigenvalue weighted by molar-refractivity contribution is 6.30. The Bertz CT molecular complexity index is 1720. The zero-order valence-electron chi connectivity index (χ0n) is 29.0. The molecule has 2 unspecified atom stereocenters. The first-order valence-electron chi connectivity index (χ1n) is 17.6. The molecule has 248 valence electrons. The van der Waals surface area contributed by atoms with E-state index in [-0.39, 0.29) is 23.9 Å². The van der Waals surface area contributed by atoms with E-state index in [1.165, 1.54) is 50.2 Å². The van der Waals surface area contributed by atoms with Crippen molar-refractivity contribution in [2.24, 2.45) is 0 Å². The van der Waals surface area contributed by atoms with E-state index < -0.39 is 0 Å². The van der Waals surface area contributed by atoms with Gasteiger partial charge in [0.1, 0.15) is 0 Å². The van der Waals surface area contributed by atoms with Crippen molar-refractivity contribution < 1.29 is 0 Å². The third kappa shape index (κ3) is 7.77. The van der Waals surface area contributed by atoms with Crippen LogP contribution in [0.25, 0.3) is 0 Å². The second-order valence-electron chi connectivity index (χ2n) is 13.0. The molecule has 0 heterocycles. The Labute approximate surface area is 298 Å². The van der Waals surface area contributed by atoms with Crippen LogP contribution in [0.2, 0.25) is 5.02 Å². The maximum atomic E-state index is 7.19. The van der Waals surface area contributed by atoms with Crippen molar-refractivity contribution in [3.05, 3.63) is 201 Å². The molecule has 6 aromatic carbocycles. The number of benzene rings is 6. The van der Waals surface area contributed by atoms with Gasteiger partial charge in [0.05, 0.1) is 0 Å². The fourth-order valence-electron chi connectivity index (χ4n) is 7.09. The lowest BCUT2D eigenvalue weighted by Crippen LogP contribution is -2.36. The van der Waals surface area contributed by atoms with Crippen molar-refractivity contribution in [2.75, 3.05) is 10.6 Å². The first-order valence-corrected chi connectivity index (χ1v) is 18.0. The van der Waals surface area contributed by atoms with E-state index in [1.54, 1.807) is 0 Å². The number of nitrogens with one attached hydrogen (secondary N) is 2. The first-order chi connectivity index (χ1) is 24.0. The fraction of sp³-hybridized carbons (Fsp3) is 0.217. The molecule has 0 aromatic heterocycles. The molecule has 0 saturated heterocycles. The molecule has 0 aliphatic heterocycles. The van der Waals surface area contributed by atoms with Gasteiger partial charge in [-0.25, -0.2) is 0 Å². The molecule has 0 fully saturated rings. The average molecular weight is 663 g/mol. The summed E-state index contributed by atoms with van der Waals surface area (Å²) < 4.78 is 0. The minimum atomic E-state index is -0.0301. The lowest BCUT2D eigenvalue weighted by molar-refractivity contribution is 0.672. The summed E-state index contributed by atoms with van der Waals surface area (Å²) in [5.74, 6) is -0.0601. The lowest BCUT2D eigenvalue weighted by Gasteiger charge is -2.33. The van der Waals surface area contributed by atoms with Crippen LogP contribution in [-0.2, 0) is 12.8 Å². The topological polar surface area (TPSA) is 24.1 Å². The van der Waals surface area contributed by atoms with E-state index in [0.717, 1.165) is 23.6 Å². The van der Waals surface area contributed by atoms with Gasteiger partial charge in [0, 0.05) is 40.3 Å². The van der Waals surface area contributed by atoms with Gasteiger partial charge in [-0.05, 0) is 83.3 Å². The largest absolute Gasteiger partial charge is 0.380 e. The SMILES string of the molecule is CCc1cccc(CC)c1NC(C)C(C)Nc1c(C(c2ccccc2)c2ccccc2)cc(Cl)cc1C(c1ccccc1)c1ccccc1. The maximum Gasteiger partial charge on any atom is 0.0432 e. The molecule has 0 spiro atoms. The minimum absolute atomic E-state index is 0.0301. The van der Waals surface area contributed by atoms with Crippen molar-refractivity contribution in [2.45, 2.75) is 64.5 Å². The quantitative estimate of drug-likeness (QED) is 0.120. The van der Waals surface area contributed by atoms with E-state index in [4.69, 9.17) is 11.6 Å². The highest BCUT2D eigenvalue weighted by Crippen LogP contribution is 2.45. The number of para-hydroxylation sites is 1. The molecule has 6 aromatic rings. The average Bonchev–Trinajstić information content (AvgIpc) is 3.15. The Morgan fingerprint density at radius 1 is 0.449 bits per heavy atom. The van der Waals surface area contributed by atoms with Crippen molar-refractivity contribution in [1.82, 2.24) is 0 Å². The number of rotatable bonds is 13. The second kappa shape index (κ2) is 16.1. The predicted octanol–water partition coefficient (Wildman–Crippen LogP) is 12.1. The van der Waals surface area contributed by atoms with Gasteiger partial charge in [-0.1, -0.05) is 165 Å². The lowest BCUT2D eigenvalue weighted by atomic mass is 9.78. The monoisotopic (exact) mass is 662 g/mol. The van der Waals surface area contributed by atoms with Gasteiger partial charge < -0.3 is 10.6 Å². The number of halogens is 1. The van der Waals surface area contributed by atoms with E-state index in [1.807, 2.05) is 0 Å². The van der Waals surface area contributed by atoms with Gasteiger partial charge in [-0.2, -0.15) is 0 Å². The third-order valence-corrected chi connectivity index (χ3v) is 10.0. The zero-order chi connectivity index (χ0) is 34.2. The van der Waals surface area contributed by atoms with Gasteiger partial charge >= 0.3 is 0 Å². The van der Waals surface area contributed by atoms with Crippen LogP contribution in [0.4, 0.5) is 11.4 Å². The van der Waals surface area contributed by atoms with Gasteiger partial charge in [0.2, 0.25) is 0 Å². The van der Waals surface area contributed by atoms with E-state index >= 15 is 0 Å². The van der Waals surface area contributed by atoms with Crippen molar-refractivity contribution in [1.29, 1.82) is 0 Å². The van der Waals surface area contributed by atoms with E-state index in [0.29, 0.717) is 0 Å². The predicted molar refractivity (Wildman–Crippen MR) is 210 cm³/mol. The molecule has 2 atom stereocenters. The molecule has 0 saturated carbocycles. The van der Waals surface area contributed by atoms with E-state index in [2.05, 4.69) is 190 Å². The Hall–Kier alpha value is -4.79. The Morgan fingerprint density at radius 3 is 1.10 bits per heavy atom. The van der Waals surface area contributed by atoms with Crippen LogP contribution in [0.1, 0.15) is 84.0 Å². The first kappa shape index (κ1) is 34.1. The normalized spacial score (nSPS) is 12.6. The number of anilines is 2. The van der Waals surface area contributed by atoms with Gasteiger partial charge in [0.25, 0.3) is 0 Å². The molecule has 6 rings (SSSR count). The Morgan fingerprint density at radius 2 is 0.776 bits per heavy atom. The van der Waals surface area contributed by atoms with Crippen LogP contribution < -0.4 is 10.6 Å². The highest BCUT2D eigenvalue weighted by atomic mass is 35.5. The van der Waals surface area contributed by atoms with E-state index in [9.17, 15) is 0 Å². The second-order valence-corrected chi connectivity index (χ2v) is 13.4. The molecular formula is C46H47ClN2. The van der Waals surface area contributed by atoms with Crippen LogP contribution in [0, 0.1) is 0 Å². The third-order valence-electron chi connectivity index (χ3n) is 9.81. The Balaban J connectivity index is 1.55. The molecule has 0 radical (unpaired) electrons. The van der Waals surface area contributed by atoms with Crippen LogP contribution in [-0.4, -0.2) is 12.1 Å². The van der Waals surface area contributed by atoms with Crippen molar-refractivity contribution in [3.8, 4) is 0 Å². The van der Waals surface area contributed by atoms with Crippen LogP contribution >= 0.6 is 11.6 Å². The summed E-state index contributed by atoms with van der Waals surface area (Å²) in [5, 5.41) is 8.80. The summed E-state index contributed by atoms with van der Waals surface area (Å²) in [6, 6.07) is 54.5. The fourth-order valence-corrected chi connectivity index (χ4v) is 7.33. The maximum absolute atomic E-state index is 7.19. The number of hydrogen-bond donors (Lipinski definition) is 2. The summed E-state index contributed by atoms with van der Waals surface area (Å²) in [5.41, 5.74) is 12.3. The standard InChI is InChI=1S/C46H47ClN2/c1-5-34-28-19-29-35(6-2)45(34)48-32(3)33(4)49-46-41(43(36-20-11-7-12-21-36)37-22-13-8-14-23-37)30-40(47)31-42(46)44(38-24-15-9-16-25-38)39-26-17-10-18-27-39/h7-33,43-44,48-49H,5-6H2,1-4H3. The number of aryl methyl sites for hydroxylation is 2. The minimum Gasteiger partial charge on any atom is -0.380 e. The van der Waals surface area contributed by atoms with Crippen LogP contribution in [0.15, 0.2) is 152 Å². The van der Waals surface area contributed by atoms with Crippen LogP contribution in [0.3, 0.4) is 0 Å². The van der Waals surface area contributed by atoms with Gasteiger partial charge in [-0.15, -0.1) is 0 Å². The molecule has 0 aliphatic rings. The molecule has 3 heteroatoms.